The first-order chi connectivity index (χ1) is 6.22. The van der Waals surface area contributed by atoms with Gasteiger partial charge in [0.1, 0.15) is 0 Å². The van der Waals surface area contributed by atoms with Gasteiger partial charge >= 0.3 is 0 Å². The third kappa shape index (κ3) is 4.34. The first-order valence-corrected chi connectivity index (χ1v) is 5.86. The van der Waals surface area contributed by atoms with Crippen LogP contribution in [-0.4, -0.2) is 54.3 Å². The molecular formula is C10H22N2S. The summed E-state index contributed by atoms with van der Waals surface area (Å²) >= 11 is 4.42. The van der Waals surface area contributed by atoms with Gasteiger partial charge in [0.05, 0.1) is 0 Å². The molecule has 1 aliphatic heterocycles. The van der Waals surface area contributed by atoms with Crippen LogP contribution in [0, 0.1) is 0 Å². The van der Waals surface area contributed by atoms with Crippen LogP contribution < -0.4 is 0 Å². The van der Waals surface area contributed by atoms with E-state index in [9.17, 15) is 0 Å². The lowest BCUT2D eigenvalue weighted by Gasteiger charge is -2.35. The lowest BCUT2D eigenvalue weighted by molar-refractivity contribution is 0.134. The Labute approximate surface area is 87.7 Å². The lowest BCUT2D eigenvalue weighted by atomic mass is 10.3. The van der Waals surface area contributed by atoms with Crippen LogP contribution in [0.15, 0.2) is 0 Å². The Morgan fingerprint density at radius 2 is 1.69 bits per heavy atom. The van der Waals surface area contributed by atoms with Crippen molar-refractivity contribution in [2.75, 3.05) is 39.3 Å². The molecule has 13 heavy (non-hydrogen) atoms. The van der Waals surface area contributed by atoms with E-state index < -0.39 is 0 Å². The van der Waals surface area contributed by atoms with Crippen LogP contribution in [0.5, 0.6) is 0 Å². The summed E-state index contributed by atoms with van der Waals surface area (Å²) in [6, 6.07) is 0. The molecule has 0 saturated carbocycles. The van der Waals surface area contributed by atoms with E-state index in [0.29, 0.717) is 5.25 Å². The highest BCUT2D eigenvalue weighted by Crippen LogP contribution is 2.05. The number of hydrogen-bond donors (Lipinski definition) is 1. The van der Waals surface area contributed by atoms with Crippen LogP contribution in [0.1, 0.15) is 20.3 Å². The van der Waals surface area contributed by atoms with Gasteiger partial charge in [0.25, 0.3) is 0 Å². The van der Waals surface area contributed by atoms with Crippen LogP contribution in [-0.2, 0) is 0 Å². The maximum atomic E-state index is 4.42. The number of hydrogen-bond acceptors (Lipinski definition) is 3. The molecule has 78 valence electrons. The van der Waals surface area contributed by atoms with E-state index in [0.717, 1.165) is 6.54 Å². The van der Waals surface area contributed by atoms with Crippen LogP contribution in [0.2, 0.25) is 0 Å². The minimum absolute atomic E-state index is 0.512. The summed E-state index contributed by atoms with van der Waals surface area (Å²) in [5.74, 6) is 0. The van der Waals surface area contributed by atoms with Gasteiger partial charge in [-0.15, -0.1) is 0 Å². The Balaban J connectivity index is 2.15. The minimum Gasteiger partial charge on any atom is -0.301 e. The molecule has 0 radical (unpaired) electrons. The number of rotatable bonds is 4. The molecule has 0 bridgehead atoms. The maximum Gasteiger partial charge on any atom is 0.0116 e. The molecule has 1 aliphatic rings. The first-order valence-electron chi connectivity index (χ1n) is 5.35. The van der Waals surface area contributed by atoms with Gasteiger partial charge < -0.3 is 4.90 Å². The first kappa shape index (κ1) is 11.3. The van der Waals surface area contributed by atoms with E-state index in [1.54, 1.807) is 0 Å². The summed E-state index contributed by atoms with van der Waals surface area (Å²) < 4.78 is 0. The average molecular weight is 202 g/mol. The van der Waals surface area contributed by atoms with Crippen molar-refractivity contribution in [1.29, 1.82) is 0 Å². The van der Waals surface area contributed by atoms with Crippen molar-refractivity contribution in [3.63, 3.8) is 0 Å². The highest BCUT2D eigenvalue weighted by molar-refractivity contribution is 7.80. The van der Waals surface area contributed by atoms with Crippen molar-refractivity contribution in [3.05, 3.63) is 0 Å². The molecule has 1 atom stereocenters. The molecule has 0 N–H and O–H groups in total. The van der Waals surface area contributed by atoms with Crippen molar-refractivity contribution in [1.82, 2.24) is 9.80 Å². The van der Waals surface area contributed by atoms with Gasteiger partial charge in [0, 0.05) is 38.0 Å². The molecule has 0 amide bonds. The fraction of sp³-hybridized carbons (Fsp3) is 1.00. The Bertz CT molecular complexity index is 131. The summed E-state index contributed by atoms with van der Waals surface area (Å²) in [5, 5.41) is 0.512. The summed E-state index contributed by atoms with van der Waals surface area (Å²) in [6.07, 6.45) is 1.28. The second-order valence-electron chi connectivity index (χ2n) is 3.99. The topological polar surface area (TPSA) is 6.48 Å². The highest BCUT2D eigenvalue weighted by Gasteiger charge is 2.16. The van der Waals surface area contributed by atoms with Crippen molar-refractivity contribution >= 4 is 12.6 Å². The average Bonchev–Trinajstić information content (AvgIpc) is 2.08. The maximum absolute atomic E-state index is 4.42. The fourth-order valence-corrected chi connectivity index (χ4v) is 2.12. The highest BCUT2D eigenvalue weighted by atomic mass is 32.1. The summed E-state index contributed by atoms with van der Waals surface area (Å²) in [5.41, 5.74) is 0. The van der Waals surface area contributed by atoms with Gasteiger partial charge in [-0.25, -0.2) is 0 Å². The van der Waals surface area contributed by atoms with Crippen molar-refractivity contribution in [3.8, 4) is 0 Å². The lowest BCUT2D eigenvalue weighted by Crippen LogP contribution is -2.47. The number of piperazine rings is 1. The molecule has 0 unspecified atom stereocenters. The Kier molecular flexibility index (Phi) is 5.14. The largest absolute Gasteiger partial charge is 0.301 e. The fourth-order valence-electron chi connectivity index (χ4n) is 1.89. The van der Waals surface area contributed by atoms with Crippen LogP contribution in [0.3, 0.4) is 0 Å². The quantitative estimate of drug-likeness (QED) is 0.687. The zero-order valence-corrected chi connectivity index (χ0v) is 9.76. The molecular weight excluding hydrogens is 180 g/mol. The Morgan fingerprint density at radius 3 is 2.15 bits per heavy atom. The van der Waals surface area contributed by atoms with E-state index >= 15 is 0 Å². The molecule has 0 aromatic rings. The molecule has 2 nitrogen and oxygen atoms in total. The van der Waals surface area contributed by atoms with Crippen LogP contribution in [0.25, 0.3) is 0 Å². The van der Waals surface area contributed by atoms with E-state index in [1.165, 1.54) is 39.1 Å². The molecule has 1 heterocycles. The second-order valence-corrected chi connectivity index (χ2v) is 4.87. The van der Waals surface area contributed by atoms with Crippen molar-refractivity contribution in [2.24, 2.45) is 0 Å². The predicted octanol–water partition coefficient (Wildman–Crippen LogP) is 1.33. The third-order valence-corrected chi connectivity index (χ3v) is 2.69. The summed E-state index contributed by atoms with van der Waals surface area (Å²) in [4.78, 5) is 5.07. The van der Waals surface area contributed by atoms with Crippen LogP contribution in [0.4, 0.5) is 0 Å². The van der Waals surface area contributed by atoms with Crippen molar-refractivity contribution in [2.45, 2.75) is 25.5 Å². The standard InChI is InChI=1S/C10H22N2S/c1-3-4-11-5-7-12(8-6-11)9-10(2)13/h10,13H,3-9H2,1-2H3/t10-/m0/s1. The number of thiol groups is 1. The van der Waals surface area contributed by atoms with Gasteiger partial charge in [-0.2, -0.15) is 12.6 Å². The minimum atomic E-state index is 0.512. The normalized spacial score (nSPS) is 23.3. The molecule has 1 saturated heterocycles. The molecule has 0 aliphatic carbocycles. The molecule has 0 spiro atoms. The van der Waals surface area contributed by atoms with Crippen molar-refractivity contribution < 1.29 is 0 Å². The van der Waals surface area contributed by atoms with Gasteiger partial charge in [-0.05, 0) is 13.0 Å². The van der Waals surface area contributed by atoms with E-state index in [1.807, 2.05) is 0 Å². The molecule has 0 aromatic heterocycles. The van der Waals surface area contributed by atoms with Gasteiger partial charge in [0.15, 0.2) is 0 Å². The van der Waals surface area contributed by atoms with E-state index in [2.05, 4.69) is 36.3 Å². The number of nitrogens with zero attached hydrogens (tertiary/aromatic N) is 2. The zero-order valence-electron chi connectivity index (χ0n) is 8.87. The zero-order chi connectivity index (χ0) is 9.68. The van der Waals surface area contributed by atoms with E-state index in [4.69, 9.17) is 0 Å². The smallest absolute Gasteiger partial charge is 0.0116 e. The molecule has 3 heteroatoms. The summed E-state index contributed by atoms with van der Waals surface area (Å²) in [7, 11) is 0. The molecule has 1 rings (SSSR count). The third-order valence-electron chi connectivity index (χ3n) is 2.53. The Hall–Kier alpha value is 0.270. The monoisotopic (exact) mass is 202 g/mol. The predicted molar refractivity (Wildman–Crippen MR) is 61.6 cm³/mol. The second kappa shape index (κ2) is 5.89. The Morgan fingerprint density at radius 1 is 1.15 bits per heavy atom. The van der Waals surface area contributed by atoms with Gasteiger partial charge in [0.2, 0.25) is 0 Å². The van der Waals surface area contributed by atoms with E-state index in [-0.39, 0.29) is 0 Å². The summed E-state index contributed by atoms with van der Waals surface area (Å²) in [6.45, 7) is 11.8. The molecule has 1 fully saturated rings. The molecule has 0 aromatic carbocycles. The van der Waals surface area contributed by atoms with Crippen LogP contribution >= 0.6 is 12.6 Å². The van der Waals surface area contributed by atoms with Gasteiger partial charge in [-0.3, -0.25) is 4.90 Å². The van der Waals surface area contributed by atoms with Gasteiger partial charge in [-0.1, -0.05) is 13.8 Å². The SMILES string of the molecule is CCCN1CCN(C[C@H](C)S)CC1.